The van der Waals surface area contributed by atoms with E-state index in [4.69, 9.17) is 16.3 Å². The Morgan fingerprint density at radius 2 is 1.96 bits per heavy atom. The van der Waals surface area contributed by atoms with Crippen molar-refractivity contribution in [2.24, 2.45) is 0 Å². The second-order valence-electron chi connectivity index (χ2n) is 5.76. The van der Waals surface area contributed by atoms with E-state index in [1.165, 1.54) is 6.33 Å². The number of nitrogens with one attached hydrogen (secondary N) is 1. The molecule has 1 aromatic heterocycles. The number of hydrogen-bond donors (Lipinski definition) is 1. The van der Waals surface area contributed by atoms with E-state index in [1.54, 1.807) is 30.1 Å². The maximum absolute atomic E-state index is 12.8. The van der Waals surface area contributed by atoms with E-state index < -0.39 is 0 Å². The van der Waals surface area contributed by atoms with Gasteiger partial charge in [0, 0.05) is 24.2 Å². The number of rotatable bonds is 7. The summed E-state index contributed by atoms with van der Waals surface area (Å²) in [4.78, 5) is 18.6. The number of amides is 1. The monoisotopic (exact) mass is 370 g/mol. The van der Waals surface area contributed by atoms with Crippen LogP contribution in [0.1, 0.15) is 16.8 Å². The zero-order chi connectivity index (χ0) is 18.4. The van der Waals surface area contributed by atoms with Crippen molar-refractivity contribution in [1.29, 1.82) is 0 Å². The summed E-state index contributed by atoms with van der Waals surface area (Å²) in [6.07, 6.45) is 2.14. The van der Waals surface area contributed by atoms with Gasteiger partial charge >= 0.3 is 0 Å². The molecule has 0 aliphatic carbocycles. The fourth-order valence-electron chi connectivity index (χ4n) is 2.54. The molecule has 1 amide bonds. The molecule has 0 aliphatic rings. The molecule has 0 saturated carbocycles. The number of aromatic nitrogens is 3. The summed E-state index contributed by atoms with van der Waals surface area (Å²) < 4.78 is 5.66. The Bertz CT molecular complexity index is 850. The molecule has 3 aromatic rings. The van der Waals surface area contributed by atoms with Gasteiger partial charge in [-0.05, 0) is 36.8 Å². The van der Waals surface area contributed by atoms with E-state index in [0.717, 1.165) is 17.7 Å². The molecular weight excluding hydrogens is 352 g/mol. The minimum absolute atomic E-state index is 0.0662. The normalized spacial score (nSPS) is 10.5. The van der Waals surface area contributed by atoms with Crippen LogP contribution in [0.2, 0.25) is 5.02 Å². The summed E-state index contributed by atoms with van der Waals surface area (Å²) in [5.74, 6) is 1.27. The summed E-state index contributed by atoms with van der Waals surface area (Å²) in [7, 11) is 1.78. The van der Waals surface area contributed by atoms with Crippen LogP contribution >= 0.6 is 11.6 Å². The van der Waals surface area contributed by atoms with E-state index in [2.05, 4.69) is 15.2 Å². The van der Waals surface area contributed by atoms with Gasteiger partial charge in [0.15, 0.2) is 5.82 Å². The number of ether oxygens (including phenoxy) is 1. The van der Waals surface area contributed by atoms with Gasteiger partial charge in [-0.15, -0.1) is 0 Å². The number of carbonyl (C=O) groups is 1. The standard InChI is InChI=1S/C19H19ClN4O2/c1-24(11-4-12-26-15-9-7-14(20)8-10-15)19(25)17-6-3-2-5-16(17)18-21-13-22-23-18/h2-3,5-10,13H,4,11-12H2,1H3,(H,21,22,23). The van der Waals surface area contributed by atoms with Crippen LogP contribution in [-0.4, -0.2) is 46.2 Å². The lowest BCUT2D eigenvalue weighted by Crippen LogP contribution is -2.29. The minimum atomic E-state index is -0.0662. The Hall–Kier alpha value is -2.86. The second-order valence-corrected chi connectivity index (χ2v) is 6.20. The SMILES string of the molecule is CN(CCCOc1ccc(Cl)cc1)C(=O)c1ccccc1-c1ncn[nH]1. The molecule has 0 aliphatic heterocycles. The molecule has 0 saturated heterocycles. The summed E-state index contributed by atoms with van der Waals surface area (Å²) in [6.45, 7) is 1.10. The Kier molecular flexibility index (Phi) is 5.86. The van der Waals surface area contributed by atoms with Crippen LogP contribution in [0.5, 0.6) is 5.75 Å². The predicted molar refractivity (Wildman–Crippen MR) is 100 cm³/mol. The third kappa shape index (κ3) is 4.40. The first kappa shape index (κ1) is 17.9. The lowest BCUT2D eigenvalue weighted by molar-refractivity contribution is 0.0788. The van der Waals surface area contributed by atoms with Crippen LogP contribution in [0.15, 0.2) is 54.9 Å². The number of hydrogen-bond acceptors (Lipinski definition) is 4. The van der Waals surface area contributed by atoms with Crippen molar-refractivity contribution >= 4 is 17.5 Å². The number of aromatic amines is 1. The highest BCUT2D eigenvalue weighted by Crippen LogP contribution is 2.21. The summed E-state index contributed by atoms with van der Waals surface area (Å²) in [5, 5.41) is 7.33. The molecular formula is C19H19ClN4O2. The molecule has 0 fully saturated rings. The molecule has 134 valence electrons. The third-order valence-corrected chi connectivity index (χ3v) is 4.15. The Morgan fingerprint density at radius 3 is 2.69 bits per heavy atom. The van der Waals surface area contributed by atoms with Crippen molar-refractivity contribution in [3.8, 4) is 17.1 Å². The van der Waals surface area contributed by atoms with Crippen LogP contribution in [-0.2, 0) is 0 Å². The zero-order valence-electron chi connectivity index (χ0n) is 14.4. The molecule has 2 aromatic carbocycles. The van der Waals surface area contributed by atoms with Gasteiger partial charge in [0.1, 0.15) is 12.1 Å². The van der Waals surface area contributed by atoms with E-state index in [1.807, 2.05) is 30.3 Å². The summed E-state index contributed by atoms with van der Waals surface area (Å²) in [6, 6.07) is 14.6. The Balaban J connectivity index is 1.56. The van der Waals surface area contributed by atoms with Gasteiger partial charge in [0.05, 0.1) is 12.2 Å². The van der Waals surface area contributed by atoms with E-state index in [9.17, 15) is 4.79 Å². The van der Waals surface area contributed by atoms with Gasteiger partial charge in [-0.2, -0.15) is 5.10 Å². The molecule has 0 atom stereocenters. The molecule has 7 heteroatoms. The van der Waals surface area contributed by atoms with E-state index >= 15 is 0 Å². The number of H-pyrrole nitrogens is 1. The molecule has 0 unspecified atom stereocenters. The Labute approximate surface area is 156 Å². The van der Waals surface area contributed by atoms with Crippen LogP contribution in [0.3, 0.4) is 0 Å². The van der Waals surface area contributed by atoms with Crippen LogP contribution in [0.25, 0.3) is 11.4 Å². The summed E-state index contributed by atoms with van der Waals surface area (Å²) >= 11 is 5.85. The molecule has 1 N–H and O–H groups in total. The van der Waals surface area contributed by atoms with Crippen molar-refractivity contribution in [2.45, 2.75) is 6.42 Å². The molecule has 0 bridgehead atoms. The molecule has 3 rings (SSSR count). The molecule has 26 heavy (non-hydrogen) atoms. The fraction of sp³-hybridized carbons (Fsp3) is 0.211. The van der Waals surface area contributed by atoms with Crippen molar-refractivity contribution < 1.29 is 9.53 Å². The number of benzene rings is 2. The van der Waals surface area contributed by atoms with Gasteiger partial charge < -0.3 is 9.64 Å². The number of nitrogens with zero attached hydrogens (tertiary/aromatic N) is 3. The van der Waals surface area contributed by atoms with Gasteiger partial charge in [-0.3, -0.25) is 9.89 Å². The molecule has 1 heterocycles. The highest BCUT2D eigenvalue weighted by Gasteiger charge is 2.17. The lowest BCUT2D eigenvalue weighted by Gasteiger charge is -2.18. The Morgan fingerprint density at radius 1 is 1.19 bits per heavy atom. The topological polar surface area (TPSA) is 71.1 Å². The molecule has 0 radical (unpaired) electrons. The number of halogens is 1. The fourth-order valence-corrected chi connectivity index (χ4v) is 2.67. The third-order valence-electron chi connectivity index (χ3n) is 3.89. The largest absolute Gasteiger partial charge is 0.494 e. The highest BCUT2D eigenvalue weighted by molar-refractivity contribution is 6.30. The molecule has 6 nitrogen and oxygen atoms in total. The van der Waals surface area contributed by atoms with Gasteiger partial charge in [-0.1, -0.05) is 29.8 Å². The highest BCUT2D eigenvalue weighted by atomic mass is 35.5. The van der Waals surface area contributed by atoms with E-state index in [0.29, 0.717) is 29.6 Å². The number of carbonyl (C=O) groups excluding carboxylic acids is 1. The maximum atomic E-state index is 12.8. The van der Waals surface area contributed by atoms with Crippen LogP contribution in [0, 0.1) is 0 Å². The van der Waals surface area contributed by atoms with Gasteiger partial charge in [0.2, 0.25) is 0 Å². The maximum Gasteiger partial charge on any atom is 0.254 e. The van der Waals surface area contributed by atoms with Crippen LogP contribution in [0.4, 0.5) is 0 Å². The average Bonchev–Trinajstić information content (AvgIpc) is 3.20. The lowest BCUT2D eigenvalue weighted by atomic mass is 10.1. The smallest absolute Gasteiger partial charge is 0.254 e. The first-order valence-electron chi connectivity index (χ1n) is 8.24. The van der Waals surface area contributed by atoms with Crippen molar-refractivity contribution in [1.82, 2.24) is 20.1 Å². The first-order chi connectivity index (χ1) is 12.6. The van der Waals surface area contributed by atoms with Crippen molar-refractivity contribution in [2.75, 3.05) is 20.2 Å². The quantitative estimate of drug-likeness (QED) is 0.644. The minimum Gasteiger partial charge on any atom is -0.494 e. The van der Waals surface area contributed by atoms with E-state index in [-0.39, 0.29) is 5.91 Å². The first-order valence-corrected chi connectivity index (χ1v) is 8.61. The van der Waals surface area contributed by atoms with Gasteiger partial charge in [0.25, 0.3) is 5.91 Å². The van der Waals surface area contributed by atoms with Crippen molar-refractivity contribution in [3.63, 3.8) is 0 Å². The molecule has 0 spiro atoms. The van der Waals surface area contributed by atoms with Crippen LogP contribution < -0.4 is 4.74 Å². The van der Waals surface area contributed by atoms with Gasteiger partial charge in [-0.25, -0.2) is 4.98 Å². The van der Waals surface area contributed by atoms with Crippen molar-refractivity contribution in [3.05, 3.63) is 65.4 Å². The zero-order valence-corrected chi connectivity index (χ0v) is 15.1. The average molecular weight is 371 g/mol. The second kappa shape index (κ2) is 8.49. The summed E-state index contributed by atoms with van der Waals surface area (Å²) in [5.41, 5.74) is 1.32. The predicted octanol–water partition coefficient (Wildman–Crippen LogP) is 3.67.